The quantitative estimate of drug-likeness (QED) is 0.635. The summed E-state index contributed by atoms with van der Waals surface area (Å²) in [5.74, 6) is 1.72. The van der Waals surface area contributed by atoms with Crippen molar-refractivity contribution in [3.05, 3.63) is 11.6 Å². The van der Waals surface area contributed by atoms with E-state index in [9.17, 15) is 10.2 Å². The first-order chi connectivity index (χ1) is 7.08. The van der Waals surface area contributed by atoms with Crippen LogP contribution >= 0.6 is 0 Å². The maximum Gasteiger partial charge on any atom is 0.146 e. The number of nitrogens with zero attached hydrogens (tertiary/aromatic N) is 4. The summed E-state index contributed by atoms with van der Waals surface area (Å²) in [6.45, 7) is 3.50. The normalized spacial score (nSPS) is 27.5. The largest absolute Gasteiger partial charge is 0.389 e. The summed E-state index contributed by atoms with van der Waals surface area (Å²) in [4.78, 5) is 1.97. The van der Waals surface area contributed by atoms with E-state index in [-0.39, 0.29) is 0 Å². The van der Waals surface area contributed by atoms with Crippen molar-refractivity contribution in [2.24, 2.45) is 7.05 Å². The maximum absolute atomic E-state index is 9.39. The van der Waals surface area contributed by atoms with Crippen molar-refractivity contribution >= 4 is 0 Å². The summed E-state index contributed by atoms with van der Waals surface area (Å²) >= 11 is 0. The van der Waals surface area contributed by atoms with E-state index >= 15 is 0 Å². The summed E-state index contributed by atoms with van der Waals surface area (Å²) < 4.78 is 1.91. The van der Waals surface area contributed by atoms with E-state index < -0.39 is 12.2 Å². The molecule has 0 aliphatic carbocycles. The lowest BCUT2D eigenvalue weighted by atomic mass is 10.3. The second-order valence-corrected chi connectivity index (χ2v) is 4.05. The first-order valence-corrected chi connectivity index (χ1v) is 5.01. The highest BCUT2D eigenvalue weighted by Crippen LogP contribution is 2.12. The molecule has 1 fully saturated rings. The molecule has 0 spiro atoms. The van der Waals surface area contributed by atoms with Gasteiger partial charge in [0, 0.05) is 20.1 Å². The molecule has 2 N–H and O–H groups in total. The molecule has 2 unspecified atom stereocenters. The number of aliphatic hydroxyl groups excluding tert-OH is 2. The molecule has 6 heteroatoms. The van der Waals surface area contributed by atoms with Crippen LogP contribution in [0.15, 0.2) is 0 Å². The Labute approximate surface area is 88.2 Å². The van der Waals surface area contributed by atoms with Crippen LogP contribution in [0.5, 0.6) is 0 Å². The van der Waals surface area contributed by atoms with Crippen LogP contribution in [-0.4, -0.2) is 55.2 Å². The molecule has 2 atom stereocenters. The topological polar surface area (TPSA) is 74.4 Å². The predicted octanol–water partition coefficient (Wildman–Crippen LogP) is -1.34. The van der Waals surface area contributed by atoms with Gasteiger partial charge in [-0.1, -0.05) is 0 Å². The lowest BCUT2D eigenvalue weighted by Crippen LogP contribution is -2.23. The molecule has 0 bridgehead atoms. The fourth-order valence-corrected chi connectivity index (χ4v) is 1.76. The van der Waals surface area contributed by atoms with Crippen LogP contribution in [0.3, 0.4) is 0 Å². The molecule has 1 aliphatic heterocycles. The minimum atomic E-state index is -0.640. The van der Waals surface area contributed by atoms with Crippen molar-refractivity contribution in [1.82, 2.24) is 19.7 Å². The Balaban J connectivity index is 2.01. The van der Waals surface area contributed by atoms with E-state index in [0.717, 1.165) is 11.6 Å². The third kappa shape index (κ3) is 2.01. The predicted molar refractivity (Wildman–Crippen MR) is 53.0 cm³/mol. The number of aromatic nitrogens is 3. The van der Waals surface area contributed by atoms with Crippen LogP contribution < -0.4 is 0 Å². The Morgan fingerprint density at radius 2 is 1.87 bits per heavy atom. The zero-order chi connectivity index (χ0) is 11.0. The first kappa shape index (κ1) is 10.5. The minimum absolute atomic E-state index is 0.493. The summed E-state index contributed by atoms with van der Waals surface area (Å²) in [7, 11) is 1.91. The van der Waals surface area contributed by atoms with Crippen molar-refractivity contribution < 1.29 is 10.2 Å². The maximum atomic E-state index is 9.39. The fourth-order valence-electron chi connectivity index (χ4n) is 1.76. The van der Waals surface area contributed by atoms with Crippen LogP contribution in [0, 0.1) is 6.92 Å². The molecule has 15 heavy (non-hydrogen) atoms. The van der Waals surface area contributed by atoms with Crippen LogP contribution in [0.4, 0.5) is 0 Å². The Hall–Kier alpha value is -0.980. The second kappa shape index (κ2) is 3.88. The fraction of sp³-hybridized carbons (Fsp3) is 0.778. The number of hydrogen-bond acceptors (Lipinski definition) is 5. The Morgan fingerprint density at radius 3 is 2.33 bits per heavy atom. The number of β-amino-alcohol motifs (C(OH)–C–C–N with tert-alkyl or cyclic N) is 2. The molecule has 1 aliphatic rings. The van der Waals surface area contributed by atoms with Gasteiger partial charge in [-0.05, 0) is 6.92 Å². The van der Waals surface area contributed by atoms with Gasteiger partial charge in [-0.2, -0.15) is 0 Å². The van der Waals surface area contributed by atoms with Gasteiger partial charge in [0.25, 0.3) is 0 Å². The number of aliphatic hydroxyl groups is 2. The van der Waals surface area contributed by atoms with E-state index in [1.54, 1.807) is 0 Å². The average molecular weight is 212 g/mol. The van der Waals surface area contributed by atoms with Gasteiger partial charge in [0.2, 0.25) is 0 Å². The molecule has 1 aromatic rings. The van der Waals surface area contributed by atoms with Crippen LogP contribution in [-0.2, 0) is 13.6 Å². The molecular formula is C9H16N4O2. The molecule has 0 aromatic carbocycles. The Bertz CT molecular complexity index is 342. The molecule has 6 nitrogen and oxygen atoms in total. The van der Waals surface area contributed by atoms with Gasteiger partial charge in [0.1, 0.15) is 11.6 Å². The molecule has 1 saturated heterocycles. The zero-order valence-corrected chi connectivity index (χ0v) is 8.96. The lowest BCUT2D eigenvalue weighted by molar-refractivity contribution is 0.0572. The van der Waals surface area contributed by atoms with Crippen molar-refractivity contribution in [3.8, 4) is 0 Å². The molecule has 0 saturated carbocycles. The molecule has 0 amide bonds. The van der Waals surface area contributed by atoms with Crippen molar-refractivity contribution in [3.63, 3.8) is 0 Å². The van der Waals surface area contributed by atoms with Crippen LogP contribution in [0.2, 0.25) is 0 Å². The summed E-state index contributed by atoms with van der Waals surface area (Å²) in [5.41, 5.74) is 0. The van der Waals surface area contributed by atoms with E-state index in [1.165, 1.54) is 0 Å². The Morgan fingerprint density at radius 1 is 1.27 bits per heavy atom. The van der Waals surface area contributed by atoms with Gasteiger partial charge >= 0.3 is 0 Å². The van der Waals surface area contributed by atoms with Crippen LogP contribution in [0.25, 0.3) is 0 Å². The summed E-state index contributed by atoms with van der Waals surface area (Å²) in [6.07, 6.45) is -1.28. The smallest absolute Gasteiger partial charge is 0.146 e. The number of rotatable bonds is 2. The van der Waals surface area contributed by atoms with Gasteiger partial charge < -0.3 is 14.8 Å². The SMILES string of the molecule is Cc1nnc(CN2CC(O)C(O)C2)n1C. The molecule has 1 aromatic heterocycles. The summed E-state index contributed by atoms with van der Waals surface area (Å²) in [5, 5.41) is 26.8. The van der Waals surface area contributed by atoms with Gasteiger partial charge in [0.15, 0.2) is 0 Å². The van der Waals surface area contributed by atoms with E-state index in [4.69, 9.17) is 0 Å². The highest BCUT2D eigenvalue weighted by molar-refractivity contribution is 4.94. The van der Waals surface area contributed by atoms with E-state index in [2.05, 4.69) is 10.2 Å². The molecule has 2 heterocycles. The standard InChI is InChI=1S/C9H16N4O2/c1-6-10-11-9(12(6)2)5-13-3-7(14)8(15)4-13/h7-8,14-15H,3-5H2,1-2H3. The lowest BCUT2D eigenvalue weighted by Gasteiger charge is -2.13. The van der Waals surface area contributed by atoms with Gasteiger partial charge in [-0.25, -0.2) is 0 Å². The molecule has 84 valence electrons. The van der Waals surface area contributed by atoms with E-state index in [1.807, 2.05) is 23.4 Å². The minimum Gasteiger partial charge on any atom is -0.389 e. The third-order valence-electron chi connectivity index (χ3n) is 2.88. The first-order valence-electron chi connectivity index (χ1n) is 5.01. The summed E-state index contributed by atoms with van der Waals surface area (Å²) in [6, 6.07) is 0. The second-order valence-electron chi connectivity index (χ2n) is 4.05. The molecule has 2 rings (SSSR count). The molecule has 0 radical (unpaired) electrons. The highest BCUT2D eigenvalue weighted by Gasteiger charge is 2.30. The Kier molecular flexibility index (Phi) is 2.72. The van der Waals surface area contributed by atoms with Crippen molar-refractivity contribution in [2.45, 2.75) is 25.7 Å². The molecular weight excluding hydrogens is 196 g/mol. The van der Waals surface area contributed by atoms with Gasteiger partial charge in [-0.3, -0.25) is 4.90 Å². The number of likely N-dealkylation sites (tertiary alicyclic amines) is 1. The van der Waals surface area contributed by atoms with Gasteiger partial charge in [0.05, 0.1) is 18.8 Å². The monoisotopic (exact) mass is 212 g/mol. The number of aryl methyl sites for hydroxylation is 1. The highest BCUT2D eigenvalue weighted by atomic mass is 16.3. The van der Waals surface area contributed by atoms with Gasteiger partial charge in [-0.15, -0.1) is 10.2 Å². The number of hydrogen-bond donors (Lipinski definition) is 2. The zero-order valence-electron chi connectivity index (χ0n) is 8.96. The van der Waals surface area contributed by atoms with Crippen molar-refractivity contribution in [1.29, 1.82) is 0 Å². The third-order valence-corrected chi connectivity index (χ3v) is 2.88. The van der Waals surface area contributed by atoms with Crippen LogP contribution in [0.1, 0.15) is 11.6 Å². The average Bonchev–Trinajstić information content (AvgIpc) is 2.65. The van der Waals surface area contributed by atoms with E-state index in [0.29, 0.717) is 19.6 Å². The van der Waals surface area contributed by atoms with Crippen molar-refractivity contribution in [2.75, 3.05) is 13.1 Å².